The molecule has 3 rings (SSSR count). The molecule has 0 aliphatic rings. The minimum atomic E-state index is -0.282. The zero-order valence-corrected chi connectivity index (χ0v) is 12.9. The first-order valence-electron chi connectivity index (χ1n) is 6.41. The standard InChI is InChI=1S/C15H13BrFN3O/c1-9-2-5-14(21-9)15-10(8-19-20-15)7-18-11-3-4-13(17)12(16)6-11/h2-6,8,18H,7H2,1H3,(H,19,20). The maximum absolute atomic E-state index is 13.2. The lowest BCUT2D eigenvalue weighted by Gasteiger charge is -2.07. The van der Waals surface area contributed by atoms with Gasteiger partial charge in [-0.25, -0.2) is 4.39 Å². The maximum atomic E-state index is 13.2. The molecule has 0 bridgehead atoms. The average Bonchev–Trinajstić information content (AvgIpc) is 3.08. The largest absolute Gasteiger partial charge is 0.460 e. The first kappa shape index (κ1) is 13.9. The molecule has 0 fully saturated rings. The van der Waals surface area contributed by atoms with Crippen LogP contribution in [0, 0.1) is 12.7 Å². The van der Waals surface area contributed by atoms with E-state index in [2.05, 4.69) is 31.4 Å². The van der Waals surface area contributed by atoms with Crippen LogP contribution in [0.15, 0.2) is 45.4 Å². The van der Waals surface area contributed by atoms with E-state index in [9.17, 15) is 4.39 Å². The van der Waals surface area contributed by atoms with Crippen molar-refractivity contribution in [2.75, 3.05) is 5.32 Å². The molecule has 2 N–H and O–H groups in total. The van der Waals surface area contributed by atoms with E-state index in [0.29, 0.717) is 11.0 Å². The van der Waals surface area contributed by atoms with Gasteiger partial charge >= 0.3 is 0 Å². The van der Waals surface area contributed by atoms with Crippen LogP contribution in [0.2, 0.25) is 0 Å². The molecule has 3 aromatic rings. The van der Waals surface area contributed by atoms with Gasteiger partial charge in [0.15, 0.2) is 5.76 Å². The summed E-state index contributed by atoms with van der Waals surface area (Å²) in [6.45, 7) is 2.46. The number of nitrogens with zero attached hydrogens (tertiary/aromatic N) is 1. The van der Waals surface area contributed by atoms with Crippen LogP contribution in [-0.2, 0) is 6.54 Å². The smallest absolute Gasteiger partial charge is 0.152 e. The lowest BCUT2D eigenvalue weighted by molar-refractivity contribution is 0.545. The molecule has 21 heavy (non-hydrogen) atoms. The SMILES string of the molecule is Cc1ccc(-c2[nH]ncc2CNc2ccc(F)c(Br)c2)o1. The fourth-order valence-electron chi connectivity index (χ4n) is 2.03. The minimum Gasteiger partial charge on any atom is -0.460 e. The summed E-state index contributed by atoms with van der Waals surface area (Å²) in [5.41, 5.74) is 2.65. The van der Waals surface area contributed by atoms with E-state index in [0.717, 1.165) is 28.5 Å². The lowest BCUT2D eigenvalue weighted by Crippen LogP contribution is -2.00. The highest BCUT2D eigenvalue weighted by Crippen LogP contribution is 2.25. The topological polar surface area (TPSA) is 53.9 Å². The van der Waals surface area contributed by atoms with Crippen molar-refractivity contribution in [1.82, 2.24) is 10.2 Å². The fourth-order valence-corrected chi connectivity index (χ4v) is 2.41. The number of H-pyrrole nitrogens is 1. The minimum absolute atomic E-state index is 0.282. The number of benzene rings is 1. The molecular weight excluding hydrogens is 337 g/mol. The summed E-state index contributed by atoms with van der Waals surface area (Å²) in [7, 11) is 0. The predicted octanol–water partition coefficient (Wildman–Crippen LogP) is 4.49. The van der Waals surface area contributed by atoms with Gasteiger partial charge in [-0.2, -0.15) is 5.10 Å². The summed E-state index contributed by atoms with van der Waals surface area (Å²) in [5.74, 6) is 1.32. The van der Waals surface area contributed by atoms with Gasteiger partial charge in [-0.3, -0.25) is 5.10 Å². The molecule has 108 valence electrons. The van der Waals surface area contributed by atoms with E-state index in [-0.39, 0.29) is 5.82 Å². The molecule has 0 radical (unpaired) electrons. The van der Waals surface area contributed by atoms with Crippen LogP contribution < -0.4 is 5.32 Å². The van der Waals surface area contributed by atoms with E-state index in [1.54, 1.807) is 18.3 Å². The first-order valence-corrected chi connectivity index (χ1v) is 7.21. The molecular formula is C15H13BrFN3O. The first-order chi connectivity index (χ1) is 10.1. The Morgan fingerprint density at radius 3 is 2.90 bits per heavy atom. The number of hydrogen-bond donors (Lipinski definition) is 2. The van der Waals surface area contributed by atoms with Gasteiger partial charge in [-0.1, -0.05) is 0 Å². The van der Waals surface area contributed by atoms with Gasteiger partial charge in [0.25, 0.3) is 0 Å². The van der Waals surface area contributed by atoms with Gasteiger partial charge in [0.2, 0.25) is 0 Å². The summed E-state index contributed by atoms with van der Waals surface area (Å²) in [5, 5.41) is 10.2. The van der Waals surface area contributed by atoms with Crippen LogP contribution in [0.25, 0.3) is 11.5 Å². The molecule has 0 amide bonds. The molecule has 6 heteroatoms. The van der Waals surface area contributed by atoms with E-state index >= 15 is 0 Å². The van der Waals surface area contributed by atoms with E-state index in [4.69, 9.17) is 4.42 Å². The van der Waals surface area contributed by atoms with Crippen molar-refractivity contribution in [2.24, 2.45) is 0 Å². The number of nitrogens with one attached hydrogen (secondary N) is 2. The number of halogens is 2. The van der Waals surface area contributed by atoms with Gasteiger partial charge in [0, 0.05) is 17.8 Å². The van der Waals surface area contributed by atoms with Crippen LogP contribution in [-0.4, -0.2) is 10.2 Å². The Hall–Kier alpha value is -2.08. The Morgan fingerprint density at radius 2 is 2.19 bits per heavy atom. The van der Waals surface area contributed by atoms with Gasteiger partial charge in [-0.05, 0) is 53.2 Å². The number of rotatable bonds is 4. The van der Waals surface area contributed by atoms with Gasteiger partial charge in [0.05, 0.1) is 10.7 Å². The number of aromatic amines is 1. The molecule has 2 heterocycles. The molecule has 0 atom stereocenters. The normalized spacial score (nSPS) is 10.8. The zero-order chi connectivity index (χ0) is 14.8. The van der Waals surface area contributed by atoms with Crippen molar-refractivity contribution in [3.05, 3.63) is 58.1 Å². The van der Waals surface area contributed by atoms with E-state index in [1.165, 1.54) is 6.07 Å². The second-order valence-corrected chi connectivity index (χ2v) is 5.52. The Morgan fingerprint density at radius 1 is 1.33 bits per heavy atom. The number of aromatic nitrogens is 2. The summed E-state index contributed by atoms with van der Waals surface area (Å²) in [4.78, 5) is 0. The van der Waals surface area contributed by atoms with Crippen molar-refractivity contribution in [2.45, 2.75) is 13.5 Å². The molecule has 0 saturated heterocycles. The monoisotopic (exact) mass is 349 g/mol. The average molecular weight is 350 g/mol. The molecule has 0 aliphatic carbocycles. The Kier molecular flexibility index (Phi) is 3.79. The quantitative estimate of drug-likeness (QED) is 0.729. The summed E-state index contributed by atoms with van der Waals surface area (Å²) in [6.07, 6.45) is 1.75. The van der Waals surface area contributed by atoms with Crippen molar-refractivity contribution >= 4 is 21.6 Å². The molecule has 0 saturated carbocycles. The maximum Gasteiger partial charge on any atom is 0.152 e. The predicted molar refractivity (Wildman–Crippen MR) is 82.5 cm³/mol. The van der Waals surface area contributed by atoms with Gasteiger partial charge in [0.1, 0.15) is 17.3 Å². The third kappa shape index (κ3) is 3.00. The van der Waals surface area contributed by atoms with E-state index in [1.807, 2.05) is 19.1 Å². The van der Waals surface area contributed by atoms with Gasteiger partial charge in [-0.15, -0.1) is 0 Å². The Bertz CT molecular complexity index is 766. The Balaban J connectivity index is 1.77. The highest BCUT2D eigenvalue weighted by atomic mass is 79.9. The van der Waals surface area contributed by atoms with Crippen molar-refractivity contribution in [3.8, 4) is 11.5 Å². The third-order valence-corrected chi connectivity index (χ3v) is 3.71. The van der Waals surface area contributed by atoms with E-state index < -0.39 is 0 Å². The highest BCUT2D eigenvalue weighted by Gasteiger charge is 2.11. The van der Waals surface area contributed by atoms with Crippen LogP contribution in [0.1, 0.15) is 11.3 Å². The number of anilines is 1. The molecule has 0 unspecified atom stereocenters. The second kappa shape index (κ2) is 5.73. The number of aryl methyl sites for hydroxylation is 1. The third-order valence-electron chi connectivity index (χ3n) is 3.11. The molecule has 4 nitrogen and oxygen atoms in total. The second-order valence-electron chi connectivity index (χ2n) is 4.66. The molecule has 0 spiro atoms. The zero-order valence-electron chi connectivity index (χ0n) is 11.3. The lowest BCUT2D eigenvalue weighted by atomic mass is 10.2. The molecule has 2 aromatic heterocycles. The van der Waals surface area contributed by atoms with Crippen LogP contribution in [0.3, 0.4) is 0 Å². The highest BCUT2D eigenvalue weighted by molar-refractivity contribution is 9.10. The number of furan rings is 1. The number of hydrogen-bond acceptors (Lipinski definition) is 3. The van der Waals surface area contributed by atoms with Crippen molar-refractivity contribution in [1.29, 1.82) is 0 Å². The van der Waals surface area contributed by atoms with Crippen LogP contribution >= 0.6 is 15.9 Å². The fraction of sp³-hybridized carbons (Fsp3) is 0.133. The summed E-state index contributed by atoms with van der Waals surface area (Å²) < 4.78 is 19.2. The molecule has 0 aliphatic heterocycles. The van der Waals surface area contributed by atoms with Crippen molar-refractivity contribution in [3.63, 3.8) is 0 Å². The Labute approximate surface area is 129 Å². The molecule has 1 aromatic carbocycles. The summed E-state index contributed by atoms with van der Waals surface area (Å²) >= 11 is 3.17. The van der Waals surface area contributed by atoms with Crippen molar-refractivity contribution < 1.29 is 8.81 Å². The van der Waals surface area contributed by atoms with Gasteiger partial charge < -0.3 is 9.73 Å². The summed E-state index contributed by atoms with van der Waals surface area (Å²) in [6, 6.07) is 8.62. The van der Waals surface area contributed by atoms with Crippen LogP contribution in [0.4, 0.5) is 10.1 Å². The van der Waals surface area contributed by atoms with Crippen LogP contribution in [0.5, 0.6) is 0 Å².